The zero-order valence-corrected chi connectivity index (χ0v) is 9.43. The maximum absolute atomic E-state index is 6.71. The highest BCUT2D eigenvalue weighted by Crippen LogP contribution is 2.30. The van der Waals surface area contributed by atoms with Gasteiger partial charge in [0, 0.05) is 18.4 Å². The van der Waals surface area contributed by atoms with Crippen molar-refractivity contribution in [2.75, 3.05) is 13.6 Å². The Bertz CT molecular complexity index is 431. The summed E-state index contributed by atoms with van der Waals surface area (Å²) in [5, 5.41) is 0. The van der Waals surface area contributed by atoms with Crippen LogP contribution in [0.25, 0.3) is 10.9 Å². The van der Waals surface area contributed by atoms with Crippen LogP contribution >= 0.6 is 0 Å². The zero-order valence-electron chi connectivity index (χ0n) is 9.43. The molecule has 0 spiro atoms. The highest BCUT2D eigenvalue weighted by Gasteiger charge is 2.22. The molecule has 1 fully saturated rings. The van der Waals surface area contributed by atoms with Crippen LogP contribution in [0.1, 0.15) is 30.0 Å². The monoisotopic (exact) mass is 213 g/mol. The smallest absolute Gasteiger partial charge is 0.154 e. The van der Waals surface area contributed by atoms with E-state index in [4.69, 9.17) is 6.57 Å². The third kappa shape index (κ3) is 2.29. The number of pyridine rings is 1. The molecule has 0 saturated carbocycles. The summed E-state index contributed by atoms with van der Waals surface area (Å²) < 4.78 is 0. The summed E-state index contributed by atoms with van der Waals surface area (Å²) in [4.78, 5) is 9.80. The number of hydrogen-bond donors (Lipinski definition) is 0. The SMILES string of the molecule is [C-]#[N+]C=Cc1cncc([C@@H]2CCCN2C)c1. The molecule has 16 heavy (non-hydrogen) atoms. The normalized spacial score (nSPS) is 21.4. The van der Waals surface area contributed by atoms with E-state index in [-0.39, 0.29) is 0 Å². The Balaban J connectivity index is 2.22. The number of nitrogens with zero attached hydrogens (tertiary/aromatic N) is 3. The van der Waals surface area contributed by atoms with Crippen molar-refractivity contribution in [2.45, 2.75) is 18.9 Å². The van der Waals surface area contributed by atoms with Gasteiger partial charge in [-0.2, -0.15) is 0 Å². The van der Waals surface area contributed by atoms with Gasteiger partial charge in [-0.3, -0.25) is 9.88 Å². The number of likely N-dealkylation sites (tertiary alicyclic amines) is 1. The first-order valence-electron chi connectivity index (χ1n) is 5.49. The second-order valence-electron chi connectivity index (χ2n) is 4.14. The summed E-state index contributed by atoms with van der Waals surface area (Å²) in [6.07, 6.45) is 9.46. The molecule has 82 valence electrons. The Morgan fingerprint density at radius 2 is 2.44 bits per heavy atom. The van der Waals surface area contributed by atoms with Gasteiger partial charge in [0.05, 0.1) is 6.57 Å². The maximum atomic E-state index is 6.71. The highest BCUT2D eigenvalue weighted by atomic mass is 15.1. The molecule has 0 amide bonds. The lowest BCUT2D eigenvalue weighted by atomic mass is 10.1. The van der Waals surface area contributed by atoms with Gasteiger partial charge in [0.2, 0.25) is 0 Å². The van der Waals surface area contributed by atoms with Gasteiger partial charge in [0.1, 0.15) is 0 Å². The predicted octanol–water partition coefficient (Wildman–Crippen LogP) is 2.74. The van der Waals surface area contributed by atoms with Gasteiger partial charge in [-0.05, 0) is 43.6 Å². The second kappa shape index (κ2) is 4.91. The van der Waals surface area contributed by atoms with E-state index in [2.05, 4.69) is 27.8 Å². The minimum Gasteiger partial charge on any atom is -0.299 e. The Kier molecular flexibility index (Phi) is 3.33. The zero-order chi connectivity index (χ0) is 11.4. The third-order valence-corrected chi connectivity index (χ3v) is 3.03. The summed E-state index contributed by atoms with van der Waals surface area (Å²) in [6, 6.07) is 2.62. The van der Waals surface area contributed by atoms with Gasteiger partial charge < -0.3 is 0 Å². The van der Waals surface area contributed by atoms with Crippen molar-refractivity contribution in [3.05, 3.63) is 47.2 Å². The van der Waals surface area contributed by atoms with Crippen LogP contribution in [0.4, 0.5) is 0 Å². The molecule has 1 aromatic rings. The van der Waals surface area contributed by atoms with E-state index in [0.29, 0.717) is 6.04 Å². The van der Waals surface area contributed by atoms with Gasteiger partial charge in [-0.15, -0.1) is 0 Å². The van der Waals surface area contributed by atoms with Crippen molar-refractivity contribution in [2.24, 2.45) is 0 Å². The fraction of sp³-hybridized carbons (Fsp3) is 0.385. The van der Waals surface area contributed by atoms with Crippen molar-refractivity contribution >= 4 is 6.08 Å². The fourth-order valence-electron chi connectivity index (χ4n) is 2.20. The summed E-state index contributed by atoms with van der Waals surface area (Å²) in [7, 11) is 2.15. The van der Waals surface area contributed by atoms with E-state index in [0.717, 1.165) is 12.1 Å². The molecule has 3 heteroatoms. The van der Waals surface area contributed by atoms with E-state index in [1.807, 2.05) is 6.20 Å². The molecule has 0 radical (unpaired) electrons. The topological polar surface area (TPSA) is 20.5 Å². The molecule has 1 aliphatic rings. The molecule has 0 bridgehead atoms. The van der Waals surface area contributed by atoms with Crippen LogP contribution in [0.15, 0.2) is 24.7 Å². The van der Waals surface area contributed by atoms with Crippen LogP contribution in [-0.4, -0.2) is 23.5 Å². The van der Waals surface area contributed by atoms with Crippen molar-refractivity contribution in [1.29, 1.82) is 0 Å². The molecule has 1 aliphatic heterocycles. The van der Waals surface area contributed by atoms with Gasteiger partial charge in [-0.1, -0.05) is 6.08 Å². The van der Waals surface area contributed by atoms with Gasteiger partial charge >= 0.3 is 0 Å². The Morgan fingerprint density at radius 3 is 3.12 bits per heavy atom. The van der Waals surface area contributed by atoms with E-state index in [1.54, 1.807) is 12.3 Å². The second-order valence-corrected chi connectivity index (χ2v) is 4.14. The molecule has 0 N–H and O–H groups in total. The first-order chi connectivity index (χ1) is 7.81. The van der Waals surface area contributed by atoms with Crippen molar-refractivity contribution in [3.8, 4) is 0 Å². The Morgan fingerprint density at radius 1 is 1.56 bits per heavy atom. The number of rotatable bonds is 2. The summed E-state index contributed by atoms with van der Waals surface area (Å²) in [6.45, 7) is 7.87. The van der Waals surface area contributed by atoms with Crippen LogP contribution in [0.5, 0.6) is 0 Å². The van der Waals surface area contributed by atoms with E-state index < -0.39 is 0 Å². The highest BCUT2D eigenvalue weighted by molar-refractivity contribution is 5.50. The lowest BCUT2D eigenvalue weighted by Gasteiger charge is -2.19. The van der Waals surface area contributed by atoms with Crippen LogP contribution in [0, 0.1) is 6.57 Å². The minimum atomic E-state index is 0.494. The summed E-state index contributed by atoms with van der Waals surface area (Å²) in [5.41, 5.74) is 2.26. The first-order valence-corrected chi connectivity index (χ1v) is 5.49. The standard InChI is InChI=1S/C13H15N3/c1-14-6-5-11-8-12(10-15-9-11)13-4-3-7-16(13)2/h5-6,8-10,13H,3-4,7H2,2H3/t13-/m0/s1. The van der Waals surface area contributed by atoms with Crippen LogP contribution in [0.3, 0.4) is 0 Å². The molecule has 0 unspecified atom stereocenters. The predicted molar refractivity (Wildman–Crippen MR) is 64.5 cm³/mol. The minimum absolute atomic E-state index is 0.494. The van der Waals surface area contributed by atoms with E-state index >= 15 is 0 Å². The molecule has 0 aromatic carbocycles. The first kappa shape index (κ1) is 10.8. The van der Waals surface area contributed by atoms with Crippen LogP contribution in [-0.2, 0) is 0 Å². The number of aromatic nitrogens is 1. The molecule has 2 rings (SSSR count). The average molecular weight is 213 g/mol. The molecule has 0 aliphatic carbocycles. The van der Waals surface area contributed by atoms with E-state index in [1.165, 1.54) is 24.6 Å². The van der Waals surface area contributed by atoms with Crippen molar-refractivity contribution in [3.63, 3.8) is 0 Å². The van der Waals surface area contributed by atoms with Crippen LogP contribution < -0.4 is 0 Å². The largest absolute Gasteiger partial charge is 0.299 e. The molecule has 1 saturated heterocycles. The number of hydrogen-bond acceptors (Lipinski definition) is 2. The molecule has 2 heterocycles. The van der Waals surface area contributed by atoms with Crippen LogP contribution in [0.2, 0.25) is 0 Å². The lowest BCUT2D eigenvalue weighted by molar-refractivity contribution is 0.317. The molecule has 1 aromatic heterocycles. The fourth-order valence-corrected chi connectivity index (χ4v) is 2.20. The van der Waals surface area contributed by atoms with E-state index in [9.17, 15) is 0 Å². The molecular formula is C13H15N3. The molecule has 1 atom stereocenters. The quantitative estimate of drug-likeness (QED) is 0.704. The third-order valence-electron chi connectivity index (χ3n) is 3.03. The Hall–Kier alpha value is -1.66. The van der Waals surface area contributed by atoms with Crippen molar-refractivity contribution < 1.29 is 0 Å². The molecule has 3 nitrogen and oxygen atoms in total. The summed E-state index contributed by atoms with van der Waals surface area (Å²) >= 11 is 0. The Labute approximate surface area is 96.2 Å². The van der Waals surface area contributed by atoms with Crippen molar-refractivity contribution in [1.82, 2.24) is 9.88 Å². The lowest BCUT2D eigenvalue weighted by Crippen LogP contribution is -2.17. The van der Waals surface area contributed by atoms with Gasteiger partial charge in [0.15, 0.2) is 6.20 Å². The molecular weight excluding hydrogens is 198 g/mol. The summed E-state index contributed by atoms with van der Waals surface area (Å²) in [5.74, 6) is 0. The van der Waals surface area contributed by atoms with Gasteiger partial charge in [-0.25, -0.2) is 4.85 Å². The average Bonchev–Trinajstić information content (AvgIpc) is 2.73. The van der Waals surface area contributed by atoms with Gasteiger partial charge in [0.25, 0.3) is 0 Å². The maximum Gasteiger partial charge on any atom is 0.154 e.